The summed E-state index contributed by atoms with van der Waals surface area (Å²) in [4.78, 5) is 21.1. The molecule has 5 N–H and O–H groups in total. The third-order valence-corrected chi connectivity index (χ3v) is 6.98. The lowest BCUT2D eigenvalue weighted by molar-refractivity contribution is 0.0721. The van der Waals surface area contributed by atoms with Crippen LogP contribution in [0.1, 0.15) is 35.8 Å². The van der Waals surface area contributed by atoms with Crippen molar-refractivity contribution >= 4 is 27.6 Å². The Kier molecular flexibility index (Phi) is 4.49. The van der Waals surface area contributed by atoms with Crippen molar-refractivity contribution in [2.75, 3.05) is 12.4 Å². The lowest BCUT2D eigenvalue weighted by Gasteiger charge is -2.37. The normalized spacial score (nSPS) is 24.2. The molecule has 10 heteroatoms. The SMILES string of the molecule is CNc1cc(F)c2c3c1[nH]c1nc(Oc4cnc(C)nc4)nc(c13)[C@H]1C[C@H](O)[C@@H](N)C[C@@H]1C2. The number of nitrogens with one attached hydrogen (secondary N) is 2. The third kappa shape index (κ3) is 3.12. The molecule has 1 saturated carbocycles. The lowest BCUT2D eigenvalue weighted by atomic mass is 9.72. The van der Waals surface area contributed by atoms with Crippen molar-refractivity contribution in [3.05, 3.63) is 41.4 Å². The number of benzene rings is 1. The Balaban J connectivity index is 1.61. The number of rotatable bonds is 3. The first-order valence-electron chi connectivity index (χ1n) is 11.1. The number of halogens is 1. The first kappa shape index (κ1) is 20.3. The van der Waals surface area contributed by atoms with Crippen LogP contribution < -0.4 is 15.8 Å². The van der Waals surface area contributed by atoms with E-state index in [4.69, 9.17) is 15.5 Å². The Morgan fingerprint density at radius 3 is 2.76 bits per heavy atom. The minimum Gasteiger partial charge on any atom is -0.421 e. The topological polar surface area (TPSA) is 135 Å². The molecule has 9 nitrogen and oxygen atoms in total. The molecule has 0 saturated heterocycles. The zero-order valence-corrected chi connectivity index (χ0v) is 18.3. The molecule has 0 aliphatic heterocycles. The highest BCUT2D eigenvalue weighted by Crippen LogP contribution is 2.48. The molecule has 33 heavy (non-hydrogen) atoms. The summed E-state index contributed by atoms with van der Waals surface area (Å²) in [6, 6.07) is 1.31. The first-order valence-corrected chi connectivity index (χ1v) is 11.1. The van der Waals surface area contributed by atoms with E-state index in [1.54, 1.807) is 26.4 Å². The van der Waals surface area contributed by atoms with Gasteiger partial charge in [-0.1, -0.05) is 0 Å². The van der Waals surface area contributed by atoms with Crippen LogP contribution in [0.15, 0.2) is 18.5 Å². The quantitative estimate of drug-likeness (QED) is 0.375. The van der Waals surface area contributed by atoms with Gasteiger partial charge in [0.15, 0.2) is 5.75 Å². The molecule has 4 atom stereocenters. The molecular weight excluding hydrogens is 425 g/mol. The molecule has 3 aromatic heterocycles. The van der Waals surface area contributed by atoms with Crippen molar-refractivity contribution in [1.29, 1.82) is 0 Å². The van der Waals surface area contributed by atoms with E-state index in [2.05, 4.69) is 25.3 Å². The van der Waals surface area contributed by atoms with E-state index in [0.29, 0.717) is 47.7 Å². The molecule has 1 aromatic carbocycles. The van der Waals surface area contributed by atoms with Crippen molar-refractivity contribution in [3.8, 4) is 11.8 Å². The van der Waals surface area contributed by atoms with Crippen LogP contribution in [0.5, 0.6) is 11.8 Å². The Hall–Kier alpha value is -3.37. The second-order valence-electron chi connectivity index (χ2n) is 8.97. The van der Waals surface area contributed by atoms with Crippen LogP contribution in [0, 0.1) is 18.7 Å². The van der Waals surface area contributed by atoms with Gasteiger partial charge < -0.3 is 25.9 Å². The summed E-state index contributed by atoms with van der Waals surface area (Å²) in [5.74, 6) is 0.719. The zero-order chi connectivity index (χ0) is 22.9. The maximum Gasteiger partial charge on any atom is 0.324 e. The van der Waals surface area contributed by atoms with Crippen molar-refractivity contribution in [1.82, 2.24) is 24.9 Å². The smallest absolute Gasteiger partial charge is 0.324 e. The van der Waals surface area contributed by atoms with E-state index in [1.165, 1.54) is 6.07 Å². The summed E-state index contributed by atoms with van der Waals surface area (Å²) in [6.07, 6.45) is 4.03. The van der Waals surface area contributed by atoms with Gasteiger partial charge in [-0.2, -0.15) is 9.97 Å². The number of aromatic nitrogens is 5. The highest BCUT2D eigenvalue weighted by atomic mass is 19.1. The van der Waals surface area contributed by atoms with E-state index < -0.39 is 6.10 Å². The van der Waals surface area contributed by atoms with Crippen LogP contribution in [0.4, 0.5) is 10.1 Å². The minimum absolute atomic E-state index is 0.0441. The number of nitrogens with two attached hydrogens (primary N) is 1. The van der Waals surface area contributed by atoms with Gasteiger partial charge in [0.05, 0.1) is 35.4 Å². The number of hydrogen-bond acceptors (Lipinski definition) is 8. The highest BCUT2D eigenvalue weighted by Gasteiger charge is 2.41. The second kappa shape index (κ2) is 7.32. The van der Waals surface area contributed by atoms with Crippen molar-refractivity contribution in [2.45, 2.75) is 44.2 Å². The van der Waals surface area contributed by atoms with Gasteiger partial charge in [0.2, 0.25) is 0 Å². The van der Waals surface area contributed by atoms with Gasteiger partial charge in [0.25, 0.3) is 0 Å². The number of hydrogen-bond donors (Lipinski definition) is 4. The Morgan fingerprint density at radius 2 is 2.00 bits per heavy atom. The summed E-state index contributed by atoms with van der Waals surface area (Å²) in [5, 5.41) is 15.2. The average molecular weight is 449 g/mol. The van der Waals surface area contributed by atoms with Crippen molar-refractivity contribution < 1.29 is 14.2 Å². The predicted octanol–water partition coefficient (Wildman–Crippen LogP) is 2.92. The molecular formula is C23H24FN7O2. The molecule has 2 aliphatic carbocycles. The fourth-order valence-corrected chi connectivity index (χ4v) is 5.38. The maximum absolute atomic E-state index is 15.3. The Labute approximate surface area is 188 Å². The number of anilines is 1. The summed E-state index contributed by atoms with van der Waals surface area (Å²) < 4.78 is 21.2. The minimum atomic E-state index is -0.653. The monoisotopic (exact) mass is 449 g/mol. The number of aryl methyl sites for hydroxylation is 1. The number of H-pyrrole nitrogens is 1. The van der Waals surface area contributed by atoms with Crippen molar-refractivity contribution in [2.24, 2.45) is 11.7 Å². The molecule has 0 bridgehead atoms. The van der Waals surface area contributed by atoms with Gasteiger partial charge >= 0.3 is 6.01 Å². The summed E-state index contributed by atoms with van der Waals surface area (Å²) >= 11 is 0. The second-order valence-corrected chi connectivity index (χ2v) is 8.97. The number of fused-ring (bicyclic) bond motifs is 2. The molecule has 6 rings (SSSR count). The predicted molar refractivity (Wildman–Crippen MR) is 121 cm³/mol. The number of aromatic amines is 1. The number of aliphatic hydroxyl groups is 1. The van der Waals surface area contributed by atoms with Crippen LogP contribution >= 0.6 is 0 Å². The fraction of sp³-hybridized carbons (Fsp3) is 0.391. The zero-order valence-electron chi connectivity index (χ0n) is 18.3. The molecule has 3 heterocycles. The van der Waals surface area contributed by atoms with Crippen LogP contribution in [-0.2, 0) is 6.42 Å². The summed E-state index contributed by atoms with van der Waals surface area (Å²) in [5.41, 5.74) is 9.57. The molecule has 0 amide bonds. The number of aliphatic hydroxyl groups excluding tert-OH is 1. The summed E-state index contributed by atoms with van der Waals surface area (Å²) in [7, 11) is 1.76. The molecule has 0 unspecified atom stereocenters. The van der Waals surface area contributed by atoms with E-state index in [-0.39, 0.29) is 29.7 Å². The Bertz CT molecular complexity index is 1390. The number of ether oxygens (including phenoxy) is 1. The molecule has 170 valence electrons. The fourth-order valence-electron chi connectivity index (χ4n) is 5.38. The van der Waals surface area contributed by atoms with Crippen LogP contribution in [0.2, 0.25) is 0 Å². The Morgan fingerprint density at radius 1 is 1.21 bits per heavy atom. The number of nitrogens with zero attached hydrogens (tertiary/aromatic N) is 4. The van der Waals surface area contributed by atoms with Gasteiger partial charge in [0.1, 0.15) is 17.3 Å². The molecule has 4 aromatic rings. The average Bonchev–Trinajstić information content (AvgIpc) is 3.11. The van der Waals surface area contributed by atoms with Crippen LogP contribution in [0.25, 0.3) is 21.9 Å². The lowest BCUT2D eigenvalue weighted by Crippen LogP contribution is -2.44. The standard InChI is InChI=1S/C23H24FN7O2/c1-9-27-7-11(8-28-9)33-23-30-20-12-5-17(32)15(25)4-10(12)3-13-14(24)6-16(26-2)21-18(13)19(20)22(29-21)31-23/h6-8,10,12,15,17,26,32H,3-5,25H2,1-2H3,(H,29,30,31)/t10-,12-,15-,17-/m0/s1. The van der Waals surface area contributed by atoms with E-state index in [9.17, 15) is 5.11 Å². The van der Waals surface area contributed by atoms with E-state index in [0.717, 1.165) is 22.0 Å². The molecule has 2 aliphatic rings. The molecule has 1 fully saturated rings. The van der Waals surface area contributed by atoms with E-state index in [1.807, 2.05) is 0 Å². The van der Waals surface area contributed by atoms with E-state index >= 15 is 4.39 Å². The van der Waals surface area contributed by atoms with Gasteiger partial charge in [-0.15, -0.1) is 0 Å². The first-order chi connectivity index (χ1) is 15.9. The highest BCUT2D eigenvalue weighted by molar-refractivity contribution is 6.13. The maximum atomic E-state index is 15.3. The van der Waals surface area contributed by atoms with Crippen molar-refractivity contribution in [3.63, 3.8) is 0 Å². The van der Waals surface area contributed by atoms with Gasteiger partial charge in [-0.3, -0.25) is 0 Å². The molecule has 0 spiro atoms. The largest absolute Gasteiger partial charge is 0.421 e. The van der Waals surface area contributed by atoms with Crippen LogP contribution in [-0.4, -0.2) is 49.2 Å². The van der Waals surface area contributed by atoms with Gasteiger partial charge in [0, 0.05) is 29.8 Å². The van der Waals surface area contributed by atoms with Gasteiger partial charge in [-0.05, 0) is 43.7 Å². The molecule has 0 radical (unpaired) electrons. The summed E-state index contributed by atoms with van der Waals surface area (Å²) in [6.45, 7) is 1.79. The van der Waals surface area contributed by atoms with Crippen LogP contribution in [0.3, 0.4) is 0 Å². The third-order valence-electron chi connectivity index (χ3n) is 6.98. The van der Waals surface area contributed by atoms with Gasteiger partial charge in [-0.25, -0.2) is 14.4 Å².